The highest BCUT2D eigenvalue weighted by Crippen LogP contribution is 2.41. The highest BCUT2D eigenvalue weighted by molar-refractivity contribution is 6.01. The number of carbonyl (C=O) groups is 1. The van der Waals surface area contributed by atoms with Crippen LogP contribution >= 0.6 is 0 Å². The minimum Gasteiger partial charge on any atom is -0.494 e. The van der Waals surface area contributed by atoms with Crippen LogP contribution in [0.25, 0.3) is 16.5 Å². The smallest absolute Gasteiger partial charge is 0.222 e. The molecule has 3 aromatic rings. The van der Waals surface area contributed by atoms with Gasteiger partial charge in [0.25, 0.3) is 0 Å². The van der Waals surface area contributed by atoms with Crippen LogP contribution in [0.1, 0.15) is 35.1 Å². The van der Waals surface area contributed by atoms with Crippen LogP contribution in [0.5, 0.6) is 5.88 Å². The average Bonchev–Trinajstić information content (AvgIpc) is 3.36. The molecule has 5 nitrogen and oxygen atoms in total. The van der Waals surface area contributed by atoms with Crippen LogP contribution < -0.4 is 5.32 Å². The van der Waals surface area contributed by atoms with E-state index in [1.54, 1.807) is 7.05 Å². The number of nitrogens with zero attached hydrogens (tertiary/aromatic N) is 1. The van der Waals surface area contributed by atoms with Crippen LogP contribution in [0.3, 0.4) is 0 Å². The molecule has 1 amide bonds. The number of benzene rings is 2. The van der Waals surface area contributed by atoms with E-state index in [9.17, 15) is 9.90 Å². The Morgan fingerprint density at radius 2 is 2.00 bits per heavy atom. The lowest BCUT2D eigenvalue weighted by molar-refractivity contribution is -0.125. The van der Waals surface area contributed by atoms with Crippen LogP contribution in [0, 0.1) is 5.92 Å². The normalized spacial score (nSPS) is 17.0. The van der Waals surface area contributed by atoms with E-state index < -0.39 is 0 Å². The predicted octanol–water partition coefficient (Wildman–Crippen LogP) is 3.86. The van der Waals surface area contributed by atoms with Gasteiger partial charge in [0.15, 0.2) is 5.88 Å². The number of carbonyl (C=O) groups excluding carboxylic acids is 1. The van der Waals surface area contributed by atoms with Gasteiger partial charge in [-0.05, 0) is 67.1 Å². The first kappa shape index (κ1) is 19.9. The number of amides is 1. The Balaban J connectivity index is 1.27. The van der Waals surface area contributed by atoms with E-state index in [-0.39, 0.29) is 17.7 Å². The standard InChI is InChI=1S/C26H29N3O2/c1-27-25(30)18-11-14-29(15-12-18)13-10-17-6-8-20-19(16-17)7-9-21(20)24-22-4-2-3-5-23(22)28-26(24)31/h2-6,8-9,16,18,28,31H,7,10-15H2,1H3,(H,27,30). The molecule has 1 aliphatic carbocycles. The zero-order valence-corrected chi connectivity index (χ0v) is 17.9. The first-order valence-corrected chi connectivity index (χ1v) is 11.2. The van der Waals surface area contributed by atoms with Crippen molar-refractivity contribution in [2.75, 3.05) is 26.7 Å². The second-order valence-electron chi connectivity index (χ2n) is 8.69. The first-order valence-electron chi connectivity index (χ1n) is 11.2. The molecule has 0 atom stereocenters. The Hall–Kier alpha value is -3.05. The van der Waals surface area contributed by atoms with Gasteiger partial charge in [-0.25, -0.2) is 0 Å². The van der Waals surface area contributed by atoms with Crippen LogP contribution in [0.15, 0.2) is 48.5 Å². The number of hydrogen-bond acceptors (Lipinski definition) is 3. The highest BCUT2D eigenvalue weighted by atomic mass is 16.3. The van der Waals surface area contributed by atoms with E-state index in [0.717, 1.165) is 67.4 Å². The maximum atomic E-state index is 11.8. The van der Waals surface area contributed by atoms with E-state index in [1.807, 2.05) is 18.2 Å². The number of aromatic amines is 1. The molecule has 1 aromatic heterocycles. The molecule has 160 valence electrons. The Morgan fingerprint density at radius 3 is 2.81 bits per heavy atom. The van der Waals surface area contributed by atoms with E-state index in [4.69, 9.17) is 0 Å². The Bertz CT molecular complexity index is 1150. The molecule has 0 spiro atoms. The van der Waals surface area contributed by atoms with Gasteiger partial charge in [-0.1, -0.05) is 42.5 Å². The van der Waals surface area contributed by atoms with Crippen molar-refractivity contribution in [2.45, 2.75) is 25.7 Å². The fourth-order valence-electron chi connectivity index (χ4n) is 5.10. The zero-order valence-electron chi connectivity index (χ0n) is 17.9. The number of allylic oxidation sites excluding steroid dienone is 1. The maximum absolute atomic E-state index is 11.8. The van der Waals surface area contributed by atoms with Crippen molar-refractivity contribution in [3.05, 3.63) is 70.8 Å². The third kappa shape index (κ3) is 3.74. The van der Waals surface area contributed by atoms with Gasteiger partial charge in [0.2, 0.25) is 5.91 Å². The molecule has 2 heterocycles. The summed E-state index contributed by atoms with van der Waals surface area (Å²) >= 11 is 0. The lowest BCUT2D eigenvalue weighted by atomic mass is 9.95. The number of para-hydroxylation sites is 1. The molecular formula is C26H29N3O2. The number of hydrogen-bond donors (Lipinski definition) is 3. The molecule has 2 aliphatic rings. The van der Waals surface area contributed by atoms with E-state index in [1.165, 1.54) is 16.7 Å². The molecule has 1 aliphatic heterocycles. The molecule has 0 radical (unpaired) electrons. The predicted molar refractivity (Wildman–Crippen MR) is 124 cm³/mol. The van der Waals surface area contributed by atoms with Crippen molar-refractivity contribution >= 4 is 22.4 Å². The maximum Gasteiger partial charge on any atom is 0.222 e. The molecule has 0 saturated carbocycles. The third-order valence-corrected chi connectivity index (χ3v) is 6.86. The lowest BCUT2D eigenvalue weighted by Crippen LogP contribution is -2.40. The van der Waals surface area contributed by atoms with Gasteiger partial charge >= 0.3 is 0 Å². The molecule has 1 saturated heterocycles. The Morgan fingerprint density at radius 1 is 1.19 bits per heavy atom. The van der Waals surface area contributed by atoms with E-state index in [0.29, 0.717) is 0 Å². The summed E-state index contributed by atoms with van der Waals surface area (Å²) in [6.45, 7) is 3.02. The molecule has 5 rings (SSSR count). The topological polar surface area (TPSA) is 68.4 Å². The summed E-state index contributed by atoms with van der Waals surface area (Å²) in [5.74, 6) is 0.596. The minimum atomic E-state index is 0.173. The van der Waals surface area contributed by atoms with Gasteiger partial charge in [0.1, 0.15) is 0 Å². The molecule has 5 heteroatoms. The lowest BCUT2D eigenvalue weighted by Gasteiger charge is -2.31. The fourth-order valence-corrected chi connectivity index (χ4v) is 5.10. The van der Waals surface area contributed by atoms with Crippen molar-refractivity contribution in [3.63, 3.8) is 0 Å². The summed E-state index contributed by atoms with van der Waals surface area (Å²) in [5, 5.41) is 14.4. The van der Waals surface area contributed by atoms with Crippen molar-refractivity contribution in [3.8, 4) is 5.88 Å². The molecule has 31 heavy (non-hydrogen) atoms. The second kappa shape index (κ2) is 8.23. The van der Waals surface area contributed by atoms with Gasteiger partial charge in [0.05, 0.1) is 5.56 Å². The van der Waals surface area contributed by atoms with Crippen LogP contribution in [-0.4, -0.2) is 47.6 Å². The largest absolute Gasteiger partial charge is 0.494 e. The van der Waals surface area contributed by atoms with Gasteiger partial charge < -0.3 is 20.3 Å². The van der Waals surface area contributed by atoms with E-state index >= 15 is 0 Å². The zero-order chi connectivity index (χ0) is 21.4. The van der Waals surface area contributed by atoms with Crippen molar-refractivity contribution < 1.29 is 9.90 Å². The summed E-state index contributed by atoms with van der Waals surface area (Å²) < 4.78 is 0. The number of nitrogens with one attached hydrogen (secondary N) is 2. The molecule has 0 unspecified atom stereocenters. The monoisotopic (exact) mass is 415 g/mol. The Labute approximate surface area is 182 Å². The van der Waals surface area contributed by atoms with Crippen LogP contribution in [0.4, 0.5) is 0 Å². The fraction of sp³-hybridized carbons (Fsp3) is 0.346. The number of aromatic hydroxyl groups is 1. The quantitative estimate of drug-likeness (QED) is 0.593. The number of rotatable bonds is 5. The minimum absolute atomic E-state index is 0.173. The van der Waals surface area contributed by atoms with Gasteiger partial charge in [-0.3, -0.25) is 4.79 Å². The number of aromatic nitrogens is 1. The van der Waals surface area contributed by atoms with E-state index in [2.05, 4.69) is 45.5 Å². The summed E-state index contributed by atoms with van der Waals surface area (Å²) in [4.78, 5) is 17.4. The Kier molecular flexibility index (Phi) is 5.28. The molecule has 3 N–H and O–H groups in total. The highest BCUT2D eigenvalue weighted by Gasteiger charge is 2.25. The number of piperidine rings is 1. The van der Waals surface area contributed by atoms with Crippen molar-refractivity contribution in [2.24, 2.45) is 5.92 Å². The summed E-state index contributed by atoms with van der Waals surface area (Å²) in [6, 6.07) is 14.8. The molecular weight excluding hydrogens is 386 g/mol. The van der Waals surface area contributed by atoms with Gasteiger partial charge in [0, 0.05) is 30.4 Å². The number of likely N-dealkylation sites (tertiary alicyclic amines) is 1. The summed E-state index contributed by atoms with van der Waals surface area (Å²) in [7, 11) is 1.72. The van der Waals surface area contributed by atoms with Crippen molar-refractivity contribution in [1.29, 1.82) is 0 Å². The SMILES string of the molecule is CNC(=O)C1CCN(CCc2ccc3c(c2)CC=C3c2c(O)[nH]c3ccccc23)CC1. The number of fused-ring (bicyclic) bond motifs is 2. The third-order valence-electron chi connectivity index (χ3n) is 6.86. The molecule has 2 aromatic carbocycles. The molecule has 1 fully saturated rings. The van der Waals surface area contributed by atoms with Crippen LogP contribution in [0.2, 0.25) is 0 Å². The van der Waals surface area contributed by atoms with Gasteiger partial charge in [-0.2, -0.15) is 0 Å². The average molecular weight is 416 g/mol. The second-order valence-corrected chi connectivity index (χ2v) is 8.69. The van der Waals surface area contributed by atoms with Gasteiger partial charge in [-0.15, -0.1) is 0 Å². The molecule has 0 bridgehead atoms. The van der Waals surface area contributed by atoms with Crippen molar-refractivity contribution in [1.82, 2.24) is 15.2 Å². The van der Waals surface area contributed by atoms with Crippen LogP contribution in [-0.2, 0) is 17.6 Å². The number of H-pyrrole nitrogens is 1. The first-order chi connectivity index (χ1) is 15.1. The summed E-state index contributed by atoms with van der Waals surface area (Å²) in [6.07, 6.45) is 6.05. The summed E-state index contributed by atoms with van der Waals surface area (Å²) in [5.41, 5.74) is 6.88.